The molecule has 0 amide bonds. The minimum absolute atomic E-state index is 0.0998. The first-order chi connectivity index (χ1) is 6.72. The molecule has 0 bridgehead atoms. The highest BCUT2D eigenvalue weighted by Gasteiger charge is 2.04. The van der Waals surface area contributed by atoms with Gasteiger partial charge in [-0.25, -0.2) is 0 Å². The number of aliphatic hydroxyl groups excluding tert-OH is 1. The lowest BCUT2D eigenvalue weighted by Crippen LogP contribution is -1.96. The first-order valence-electron chi connectivity index (χ1n) is 4.16. The molecule has 72 valence electrons. The number of benzene rings is 1. The highest BCUT2D eigenvalue weighted by molar-refractivity contribution is 6.31. The number of rotatable bonds is 1. The Morgan fingerprint density at radius 2 is 2.21 bits per heavy atom. The molecule has 1 heterocycles. The summed E-state index contributed by atoms with van der Waals surface area (Å²) < 4.78 is 0. The first kappa shape index (κ1) is 9.24. The Bertz CT molecular complexity index is 485. The van der Waals surface area contributed by atoms with E-state index in [1.807, 2.05) is 0 Å². The summed E-state index contributed by atoms with van der Waals surface area (Å²) in [4.78, 5) is 4.15. The molecule has 0 aliphatic rings. The van der Waals surface area contributed by atoms with Crippen molar-refractivity contribution in [3.8, 4) is 0 Å². The van der Waals surface area contributed by atoms with Crippen molar-refractivity contribution >= 4 is 28.2 Å². The van der Waals surface area contributed by atoms with E-state index in [1.165, 1.54) is 0 Å². The molecular formula is C10H9ClN2O. The van der Waals surface area contributed by atoms with Crippen LogP contribution in [0.25, 0.3) is 10.9 Å². The van der Waals surface area contributed by atoms with Crippen LogP contribution in [-0.4, -0.2) is 10.1 Å². The molecule has 1 aromatic heterocycles. The summed E-state index contributed by atoms with van der Waals surface area (Å²) in [6.45, 7) is -0.0998. The average Bonchev–Trinajstić information content (AvgIpc) is 2.18. The molecule has 1 aromatic carbocycles. The van der Waals surface area contributed by atoms with E-state index in [9.17, 15) is 0 Å². The quantitative estimate of drug-likeness (QED) is 0.753. The van der Waals surface area contributed by atoms with E-state index in [-0.39, 0.29) is 6.61 Å². The molecule has 4 heteroatoms. The Morgan fingerprint density at radius 1 is 1.43 bits per heavy atom. The van der Waals surface area contributed by atoms with Gasteiger partial charge in [0.2, 0.25) is 0 Å². The zero-order valence-corrected chi connectivity index (χ0v) is 8.12. The van der Waals surface area contributed by atoms with Gasteiger partial charge < -0.3 is 10.8 Å². The molecule has 3 N–H and O–H groups in total. The monoisotopic (exact) mass is 208 g/mol. The molecule has 3 nitrogen and oxygen atoms in total. The molecule has 14 heavy (non-hydrogen) atoms. The van der Waals surface area contributed by atoms with Gasteiger partial charge in [0, 0.05) is 27.9 Å². The second-order valence-corrected chi connectivity index (χ2v) is 3.45. The fourth-order valence-electron chi connectivity index (χ4n) is 1.36. The maximum atomic E-state index is 8.99. The Morgan fingerprint density at radius 3 is 2.93 bits per heavy atom. The third-order valence-electron chi connectivity index (χ3n) is 2.13. The molecule has 0 fully saturated rings. The van der Waals surface area contributed by atoms with Crippen molar-refractivity contribution in [2.24, 2.45) is 0 Å². The number of pyridine rings is 1. The molecule has 0 atom stereocenters. The second-order valence-electron chi connectivity index (χ2n) is 3.02. The van der Waals surface area contributed by atoms with Crippen LogP contribution in [-0.2, 0) is 6.61 Å². The summed E-state index contributed by atoms with van der Waals surface area (Å²) in [6, 6.07) is 5.30. The minimum atomic E-state index is -0.0998. The van der Waals surface area contributed by atoms with E-state index in [0.717, 1.165) is 10.9 Å². The molecule has 2 aromatic rings. The molecule has 0 unspecified atom stereocenters. The normalized spacial score (nSPS) is 10.7. The van der Waals surface area contributed by atoms with Gasteiger partial charge in [-0.15, -0.1) is 0 Å². The zero-order chi connectivity index (χ0) is 10.1. The van der Waals surface area contributed by atoms with Gasteiger partial charge in [0.1, 0.15) is 0 Å². The van der Waals surface area contributed by atoms with Crippen LogP contribution in [0.2, 0.25) is 5.02 Å². The van der Waals surface area contributed by atoms with Crippen LogP contribution in [0.5, 0.6) is 0 Å². The summed E-state index contributed by atoms with van der Waals surface area (Å²) >= 11 is 5.81. The standard InChI is InChI=1S/C10H9ClN2O/c11-7-1-2-8-9(3-7)13-4-6(5-14)10(8)12/h1-4,14H,5H2,(H2,12,13). The van der Waals surface area contributed by atoms with Crippen molar-refractivity contribution in [2.45, 2.75) is 6.61 Å². The van der Waals surface area contributed by atoms with Crippen LogP contribution >= 0.6 is 11.6 Å². The Kier molecular flexibility index (Phi) is 2.27. The number of hydrogen-bond donors (Lipinski definition) is 2. The maximum Gasteiger partial charge on any atom is 0.0737 e. The Labute approximate surface area is 86.1 Å². The SMILES string of the molecule is Nc1c(CO)cnc2cc(Cl)ccc12. The van der Waals surface area contributed by atoms with E-state index < -0.39 is 0 Å². The van der Waals surface area contributed by atoms with Crippen molar-refractivity contribution in [1.29, 1.82) is 0 Å². The predicted octanol–water partition coefficient (Wildman–Crippen LogP) is 1.96. The number of aliphatic hydroxyl groups is 1. The van der Waals surface area contributed by atoms with Crippen molar-refractivity contribution < 1.29 is 5.11 Å². The van der Waals surface area contributed by atoms with Gasteiger partial charge in [0.25, 0.3) is 0 Å². The van der Waals surface area contributed by atoms with Gasteiger partial charge in [-0.05, 0) is 18.2 Å². The summed E-state index contributed by atoms with van der Waals surface area (Å²) in [5.41, 5.74) is 7.78. The lowest BCUT2D eigenvalue weighted by atomic mass is 10.1. The summed E-state index contributed by atoms with van der Waals surface area (Å²) in [6.07, 6.45) is 1.56. The van der Waals surface area contributed by atoms with Gasteiger partial charge in [0.05, 0.1) is 12.1 Å². The van der Waals surface area contributed by atoms with E-state index in [0.29, 0.717) is 16.3 Å². The van der Waals surface area contributed by atoms with Gasteiger partial charge in [-0.2, -0.15) is 0 Å². The summed E-state index contributed by atoms with van der Waals surface area (Å²) in [5, 5.41) is 10.4. The number of nitrogens with zero attached hydrogens (tertiary/aromatic N) is 1. The van der Waals surface area contributed by atoms with Crippen molar-refractivity contribution in [2.75, 3.05) is 5.73 Å². The zero-order valence-electron chi connectivity index (χ0n) is 7.37. The number of nitrogens with two attached hydrogens (primary N) is 1. The van der Waals surface area contributed by atoms with E-state index in [1.54, 1.807) is 24.4 Å². The highest BCUT2D eigenvalue weighted by Crippen LogP contribution is 2.25. The fourth-order valence-corrected chi connectivity index (χ4v) is 1.52. The van der Waals surface area contributed by atoms with Gasteiger partial charge >= 0.3 is 0 Å². The number of nitrogen functional groups attached to an aromatic ring is 1. The Hall–Kier alpha value is -1.32. The lowest BCUT2D eigenvalue weighted by Gasteiger charge is -2.05. The number of fused-ring (bicyclic) bond motifs is 1. The maximum absolute atomic E-state index is 8.99. The number of anilines is 1. The van der Waals surface area contributed by atoms with E-state index in [4.69, 9.17) is 22.4 Å². The molecule has 0 radical (unpaired) electrons. The summed E-state index contributed by atoms with van der Waals surface area (Å²) in [7, 11) is 0. The van der Waals surface area contributed by atoms with E-state index >= 15 is 0 Å². The fraction of sp³-hybridized carbons (Fsp3) is 0.100. The molecule has 0 saturated heterocycles. The predicted molar refractivity (Wildman–Crippen MR) is 57.1 cm³/mol. The van der Waals surface area contributed by atoms with Gasteiger partial charge in [-0.3, -0.25) is 4.98 Å². The minimum Gasteiger partial charge on any atom is -0.398 e. The molecule has 0 aliphatic heterocycles. The Balaban J connectivity index is 2.77. The third-order valence-corrected chi connectivity index (χ3v) is 2.36. The number of halogens is 1. The largest absolute Gasteiger partial charge is 0.398 e. The highest BCUT2D eigenvalue weighted by atomic mass is 35.5. The molecule has 2 rings (SSSR count). The average molecular weight is 209 g/mol. The van der Waals surface area contributed by atoms with Crippen LogP contribution in [0.1, 0.15) is 5.56 Å². The lowest BCUT2D eigenvalue weighted by molar-refractivity contribution is 0.282. The van der Waals surface area contributed by atoms with Crippen LogP contribution < -0.4 is 5.73 Å². The third kappa shape index (κ3) is 1.41. The molecule has 0 spiro atoms. The topological polar surface area (TPSA) is 59.1 Å². The molecular weight excluding hydrogens is 200 g/mol. The number of aromatic nitrogens is 1. The summed E-state index contributed by atoms with van der Waals surface area (Å²) in [5.74, 6) is 0. The number of hydrogen-bond acceptors (Lipinski definition) is 3. The van der Waals surface area contributed by atoms with Crippen LogP contribution in [0.4, 0.5) is 5.69 Å². The van der Waals surface area contributed by atoms with Crippen molar-refractivity contribution in [3.63, 3.8) is 0 Å². The van der Waals surface area contributed by atoms with Crippen LogP contribution in [0.3, 0.4) is 0 Å². The second kappa shape index (κ2) is 3.44. The van der Waals surface area contributed by atoms with Crippen LogP contribution in [0.15, 0.2) is 24.4 Å². The van der Waals surface area contributed by atoms with Gasteiger partial charge in [0.15, 0.2) is 0 Å². The first-order valence-corrected chi connectivity index (χ1v) is 4.53. The van der Waals surface area contributed by atoms with Gasteiger partial charge in [-0.1, -0.05) is 11.6 Å². The van der Waals surface area contributed by atoms with Crippen LogP contribution in [0, 0.1) is 0 Å². The van der Waals surface area contributed by atoms with Crippen molar-refractivity contribution in [1.82, 2.24) is 4.98 Å². The van der Waals surface area contributed by atoms with Crippen molar-refractivity contribution in [3.05, 3.63) is 35.0 Å². The van der Waals surface area contributed by atoms with E-state index in [2.05, 4.69) is 4.98 Å². The smallest absolute Gasteiger partial charge is 0.0737 e. The molecule has 0 saturated carbocycles. The molecule has 0 aliphatic carbocycles.